The Kier molecular flexibility index (Phi) is 4.79. The van der Waals surface area contributed by atoms with Gasteiger partial charge in [0.05, 0.1) is 0 Å². The Labute approximate surface area is 144 Å². The van der Waals surface area contributed by atoms with Crippen LogP contribution in [0.15, 0.2) is 29.2 Å². The zero-order valence-electron chi connectivity index (χ0n) is 13.7. The van der Waals surface area contributed by atoms with Gasteiger partial charge in [0.25, 0.3) is 5.56 Å². The number of fused-ring (bicyclic) bond motifs is 2. The molecule has 3 rings (SSSR count). The Morgan fingerprint density at radius 3 is 2.88 bits per heavy atom. The van der Waals surface area contributed by atoms with Gasteiger partial charge in [-0.1, -0.05) is 19.9 Å². The van der Waals surface area contributed by atoms with Gasteiger partial charge in [0, 0.05) is 19.3 Å². The SMILES string of the molecule is CCN(CC)CCNc1sc2c(=O)n3ccccc3nc2c1C#N. The first-order valence-corrected chi connectivity index (χ1v) is 8.81. The molecular formula is C17H19N5OS. The fourth-order valence-corrected chi connectivity index (χ4v) is 3.74. The Bertz CT molecular complexity index is 965. The highest BCUT2D eigenvalue weighted by atomic mass is 32.1. The van der Waals surface area contributed by atoms with Crippen LogP contribution in [0.3, 0.4) is 0 Å². The lowest BCUT2D eigenvalue weighted by molar-refractivity contribution is 0.316. The summed E-state index contributed by atoms with van der Waals surface area (Å²) >= 11 is 1.31. The number of hydrogen-bond acceptors (Lipinski definition) is 6. The molecule has 0 radical (unpaired) electrons. The first-order chi connectivity index (χ1) is 11.7. The molecule has 6 nitrogen and oxygen atoms in total. The van der Waals surface area contributed by atoms with Gasteiger partial charge in [-0.2, -0.15) is 5.26 Å². The first-order valence-electron chi connectivity index (χ1n) is 7.99. The number of aromatic nitrogens is 2. The molecular weight excluding hydrogens is 322 g/mol. The van der Waals surface area contributed by atoms with Crippen molar-refractivity contribution in [3.8, 4) is 6.07 Å². The van der Waals surface area contributed by atoms with Gasteiger partial charge in [0.15, 0.2) is 0 Å². The highest BCUT2D eigenvalue weighted by Gasteiger charge is 2.17. The molecule has 3 aromatic heterocycles. The second-order valence-corrected chi connectivity index (χ2v) is 6.42. The van der Waals surface area contributed by atoms with Crippen molar-refractivity contribution in [1.82, 2.24) is 14.3 Å². The monoisotopic (exact) mass is 341 g/mol. The van der Waals surface area contributed by atoms with Crippen molar-refractivity contribution in [3.63, 3.8) is 0 Å². The van der Waals surface area contributed by atoms with Crippen molar-refractivity contribution in [3.05, 3.63) is 40.3 Å². The van der Waals surface area contributed by atoms with E-state index in [0.29, 0.717) is 21.4 Å². The Morgan fingerprint density at radius 2 is 2.17 bits per heavy atom. The van der Waals surface area contributed by atoms with Crippen molar-refractivity contribution < 1.29 is 0 Å². The second kappa shape index (κ2) is 6.99. The van der Waals surface area contributed by atoms with E-state index < -0.39 is 0 Å². The summed E-state index contributed by atoms with van der Waals surface area (Å²) in [6.45, 7) is 7.85. The van der Waals surface area contributed by atoms with Crippen LogP contribution in [0.25, 0.3) is 15.9 Å². The molecule has 3 heterocycles. The average molecular weight is 341 g/mol. The predicted molar refractivity (Wildman–Crippen MR) is 97.8 cm³/mol. The molecule has 0 spiro atoms. The fourth-order valence-electron chi connectivity index (χ4n) is 2.69. The smallest absolute Gasteiger partial charge is 0.275 e. The zero-order valence-corrected chi connectivity index (χ0v) is 14.6. The van der Waals surface area contributed by atoms with E-state index in [1.165, 1.54) is 15.7 Å². The molecule has 0 aliphatic heterocycles. The summed E-state index contributed by atoms with van der Waals surface area (Å²) in [7, 11) is 0. The van der Waals surface area contributed by atoms with Crippen LogP contribution in [-0.4, -0.2) is 40.5 Å². The van der Waals surface area contributed by atoms with Crippen LogP contribution in [0.5, 0.6) is 0 Å². The molecule has 124 valence electrons. The van der Waals surface area contributed by atoms with Crippen LogP contribution in [0.2, 0.25) is 0 Å². The molecule has 0 unspecified atom stereocenters. The van der Waals surface area contributed by atoms with Gasteiger partial charge in [0.2, 0.25) is 0 Å². The zero-order chi connectivity index (χ0) is 17.1. The highest BCUT2D eigenvalue weighted by Crippen LogP contribution is 2.32. The molecule has 0 fully saturated rings. The molecule has 0 saturated heterocycles. The third-order valence-electron chi connectivity index (χ3n) is 4.08. The second-order valence-electron chi connectivity index (χ2n) is 5.40. The summed E-state index contributed by atoms with van der Waals surface area (Å²) < 4.78 is 2.03. The maximum atomic E-state index is 12.6. The first kappa shape index (κ1) is 16.4. The van der Waals surface area contributed by atoms with E-state index in [4.69, 9.17) is 0 Å². The topological polar surface area (TPSA) is 73.4 Å². The van der Waals surface area contributed by atoms with Gasteiger partial charge in [-0.25, -0.2) is 4.98 Å². The van der Waals surface area contributed by atoms with Crippen molar-refractivity contribution in [1.29, 1.82) is 5.26 Å². The van der Waals surface area contributed by atoms with Gasteiger partial charge in [-0.3, -0.25) is 9.20 Å². The maximum Gasteiger partial charge on any atom is 0.275 e. The highest BCUT2D eigenvalue weighted by molar-refractivity contribution is 7.23. The number of anilines is 1. The summed E-state index contributed by atoms with van der Waals surface area (Å²) in [6, 6.07) is 7.60. The maximum absolute atomic E-state index is 12.6. The summed E-state index contributed by atoms with van der Waals surface area (Å²) in [5, 5.41) is 13.5. The van der Waals surface area contributed by atoms with Gasteiger partial charge < -0.3 is 10.2 Å². The number of nitrogens with one attached hydrogen (secondary N) is 1. The standard InChI is InChI=1S/C17H19N5OS/c1-3-21(4-2)10-8-19-16-12(11-18)14-15(24-16)17(23)22-9-6-5-7-13(22)20-14/h5-7,9,19H,3-4,8,10H2,1-2H3. The van der Waals surface area contributed by atoms with E-state index in [-0.39, 0.29) is 5.56 Å². The summed E-state index contributed by atoms with van der Waals surface area (Å²) in [5.74, 6) is 0. The van der Waals surface area contributed by atoms with Gasteiger partial charge in [0.1, 0.15) is 32.5 Å². The Balaban J connectivity index is 2.00. The molecule has 0 amide bonds. The number of nitriles is 1. The van der Waals surface area contributed by atoms with Crippen LogP contribution in [0.4, 0.5) is 5.00 Å². The Hall–Kier alpha value is -2.43. The van der Waals surface area contributed by atoms with E-state index in [1.54, 1.807) is 18.3 Å². The van der Waals surface area contributed by atoms with Crippen LogP contribution < -0.4 is 10.9 Å². The van der Waals surface area contributed by atoms with Gasteiger partial charge in [-0.05, 0) is 25.2 Å². The lowest BCUT2D eigenvalue weighted by atomic mass is 10.3. The van der Waals surface area contributed by atoms with Crippen LogP contribution in [0.1, 0.15) is 19.4 Å². The van der Waals surface area contributed by atoms with Gasteiger partial charge in [-0.15, -0.1) is 11.3 Å². The molecule has 0 saturated carbocycles. The van der Waals surface area contributed by atoms with E-state index in [0.717, 1.165) is 31.2 Å². The quantitative estimate of drug-likeness (QED) is 0.746. The summed E-state index contributed by atoms with van der Waals surface area (Å²) in [6.07, 6.45) is 1.70. The normalized spacial score (nSPS) is 11.2. The number of likely N-dealkylation sites (N-methyl/N-ethyl adjacent to an activating group) is 1. The third-order valence-corrected chi connectivity index (χ3v) is 5.21. The Morgan fingerprint density at radius 1 is 1.38 bits per heavy atom. The minimum atomic E-state index is -0.131. The predicted octanol–water partition coefficient (Wildman–Crippen LogP) is 2.53. The molecule has 7 heteroatoms. The molecule has 0 aliphatic carbocycles. The van der Waals surface area contributed by atoms with Crippen molar-refractivity contribution in [2.45, 2.75) is 13.8 Å². The molecule has 0 bridgehead atoms. The van der Waals surface area contributed by atoms with E-state index >= 15 is 0 Å². The average Bonchev–Trinajstić information content (AvgIpc) is 2.96. The number of thiophene rings is 1. The molecule has 0 atom stereocenters. The third kappa shape index (κ3) is 2.86. The van der Waals surface area contributed by atoms with Crippen LogP contribution in [-0.2, 0) is 0 Å². The lowest BCUT2D eigenvalue weighted by Crippen LogP contribution is -2.28. The lowest BCUT2D eigenvalue weighted by Gasteiger charge is -2.17. The largest absolute Gasteiger partial charge is 0.374 e. The number of rotatable bonds is 6. The molecule has 1 N–H and O–H groups in total. The summed E-state index contributed by atoms with van der Waals surface area (Å²) in [4.78, 5) is 19.4. The van der Waals surface area contributed by atoms with Crippen molar-refractivity contribution >= 4 is 32.2 Å². The number of pyridine rings is 1. The fraction of sp³-hybridized carbons (Fsp3) is 0.353. The van der Waals surface area contributed by atoms with E-state index in [1.807, 2.05) is 6.07 Å². The number of hydrogen-bond donors (Lipinski definition) is 1. The van der Waals surface area contributed by atoms with Crippen LogP contribution in [0, 0.1) is 11.3 Å². The van der Waals surface area contributed by atoms with E-state index in [2.05, 4.69) is 35.1 Å². The summed E-state index contributed by atoms with van der Waals surface area (Å²) in [5.41, 5.74) is 1.37. The minimum Gasteiger partial charge on any atom is -0.374 e. The molecule has 3 aromatic rings. The molecule has 0 aromatic carbocycles. The van der Waals surface area contributed by atoms with Crippen LogP contribution >= 0.6 is 11.3 Å². The van der Waals surface area contributed by atoms with Crippen molar-refractivity contribution in [2.24, 2.45) is 0 Å². The van der Waals surface area contributed by atoms with E-state index in [9.17, 15) is 10.1 Å². The number of nitrogens with zero attached hydrogens (tertiary/aromatic N) is 4. The van der Waals surface area contributed by atoms with Crippen molar-refractivity contribution in [2.75, 3.05) is 31.5 Å². The molecule has 24 heavy (non-hydrogen) atoms. The van der Waals surface area contributed by atoms with Gasteiger partial charge >= 0.3 is 0 Å². The molecule has 0 aliphatic rings. The minimum absolute atomic E-state index is 0.131.